The van der Waals surface area contributed by atoms with Crippen LogP contribution in [0.15, 0.2) is 36.5 Å². The number of amides is 1. The summed E-state index contributed by atoms with van der Waals surface area (Å²) in [6.45, 7) is 6.29. The molecule has 0 aliphatic carbocycles. The van der Waals surface area contributed by atoms with Gasteiger partial charge in [-0.2, -0.15) is 0 Å². The topological polar surface area (TPSA) is 68.0 Å². The SMILES string of the molecule is Cc1cccc(C(C)C)c1Nc1ncccc1C(N)=O. The van der Waals surface area contributed by atoms with Crippen molar-refractivity contribution >= 4 is 17.4 Å². The first-order chi connectivity index (χ1) is 9.50. The van der Waals surface area contributed by atoms with Gasteiger partial charge in [0.25, 0.3) is 5.91 Å². The highest BCUT2D eigenvalue weighted by atomic mass is 16.1. The van der Waals surface area contributed by atoms with E-state index in [1.165, 1.54) is 5.56 Å². The number of nitrogens with zero attached hydrogens (tertiary/aromatic N) is 1. The van der Waals surface area contributed by atoms with Gasteiger partial charge in [-0.05, 0) is 36.1 Å². The number of anilines is 2. The van der Waals surface area contributed by atoms with Crippen LogP contribution in [0.2, 0.25) is 0 Å². The molecule has 20 heavy (non-hydrogen) atoms. The lowest BCUT2D eigenvalue weighted by atomic mass is 9.98. The third-order valence-electron chi connectivity index (χ3n) is 3.24. The molecule has 2 aromatic rings. The Kier molecular flexibility index (Phi) is 4.03. The zero-order valence-corrected chi connectivity index (χ0v) is 12.0. The molecule has 0 atom stereocenters. The molecule has 4 heteroatoms. The fourth-order valence-corrected chi connectivity index (χ4v) is 2.16. The molecule has 0 bridgehead atoms. The maximum absolute atomic E-state index is 11.5. The summed E-state index contributed by atoms with van der Waals surface area (Å²) in [5.41, 5.74) is 9.06. The molecule has 4 nitrogen and oxygen atoms in total. The van der Waals surface area contributed by atoms with Crippen LogP contribution in [-0.4, -0.2) is 10.9 Å². The van der Waals surface area contributed by atoms with Crippen molar-refractivity contribution in [2.45, 2.75) is 26.7 Å². The summed E-state index contributed by atoms with van der Waals surface area (Å²) in [7, 11) is 0. The van der Waals surface area contributed by atoms with E-state index in [0.29, 0.717) is 17.3 Å². The quantitative estimate of drug-likeness (QED) is 0.894. The average Bonchev–Trinajstić information content (AvgIpc) is 2.41. The third kappa shape index (κ3) is 2.79. The van der Waals surface area contributed by atoms with Crippen molar-refractivity contribution in [1.82, 2.24) is 4.98 Å². The minimum atomic E-state index is -0.486. The minimum Gasteiger partial charge on any atom is -0.365 e. The molecule has 0 radical (unpaired) electrons. The Hall–Kier alpha value is -2.36. The molecular formula is C16H19N3O. The highest BCUT2D eigenvalue weighted by Crippen LogP contribution is 2.30. The van der Waals surface area contributed by atoms with Crippen molar-refractivity contribution in [3.05, 3.63) is 53.2 Å². The maximum atomic E-state index is 11.5. The largest absolute Gasteiger partial charge is 0.365 e. The van der Waals surface area contributed by atoms with Crippen LogP contribution in [-0.2, 0) is 0 Å². The van der Waals surface area contributed by atoms with Crippen molar-refractivity contribution in [2.75, 3.05) is 5.32 Å². The number of hydrogen-bond donors (Lipinski definition) is 2. The number of hydrogen-bond acceptors (Lipinski definition) is 3. The second kappa shape index (κ2) is 5.74. The van der Waals surface area contributed by atoms with Crippen LogP contribution in [0.25, 0.3) is 0 Å². The van der Waals surface area contributed by atoms with Gasteiger partial charge in [0, 0.05) is 11.9 Å². The molecule has 0 unspecified atom stereocenters. The summed E-state index contributed by atoms with van der Waals surface area (Å²) < 4.78 is 0. The van der Waals surface area contributed by atoms with Crippen molar-refractivity contribution in [2.24, 2.45) is 5.73 Å². The van der Waals surface area contributed by atoms with Crippen LogP contribution < -0.4 is 11.1 Å². The van der Waals surface area contributed by atoms with E-state index in [-0.39, 0.29) is 0 Å². The summed E-state index contributed by atoms with van der Waals surface area (Å²) in [4.78, 5) is 15.7. The standard InChI is InChI=1S/C16H19N3O/c1-10(2)12-7-4-6-11(3)14(12)19-16-13(15(17)20)8-5-9-18-16/h4-10H,1-3H3,(H2,17,20)(H,18,19). The molecule has 2 rings (SSSR count). The Morgan fingerprint density at radius 3 is 2.65 bits per heavy atom. The van der Waals surface area contributed by atoms with Gasteiger partial charge in [0.15, 0.2) is 0 Å². The molecular weight excluding hydrogens is 250 g/mol. The van der Waals surface area contributed by atoms with Gasteiger partial charge in [0.05, 0.1) is 5.56 Å². The first kappa shape index (κ1) is 14.1. The minimum absolute atomic E-state index is 0.373. The Balaban J connectivity index is 2.48. The Morgan fingerprint density at radius 1 is 1.25 bits per heavy atom. The molecule has 0 aliphatic heterocycles. The van der Waals surface area contributed by atoms with Gasteiger partial charge >= 0.3 is 0 Å². The number of aryl methyl sites for hydroxylation is 1. The number of carbonyl (C=O) groups excluding carboxylic acids is 1. The van der Waals surface area contributed by atoms with Crippen molar-refractivity contribution < 1.29 is 4.79 Å². The molecule has 1 amide bonds. The number of para-hydroxylation sites is 1. The number of primary amides is 1. The van der Waals surface area contributed by atoms with Crippen LogP contribution in [0.1, 0.15) is 41.3 Å². The normalized spacial score (nSPS) is 10.6. The molecule has 0 saturated carbocycles. The number of aromatic nitrogens is 1. The van der Waals surface area contributed by atoms with E-state index in [1.54, 1.807) is 18.3 Å². The van der Waals surface area contributed by atoms with Gasteiger partial charge in [-0.1, -0.05) is 32.0 Å². The number of benzene rings is 1. The number of rotatable bonds is 4. The fraction of sp³-hybridized carbons (Fsp3) is 0.250. The smallest absolute Gasteiger partial charge is 0.252 e. The number of nitrogens with one attached hydrogen (secondary N) is 1. The number of nitrogens with two attached hydrogens (primary N) is 1. The second-order valence-corrected chi connectivity index (χ2v) is 5.08. The molecule has 3 N–H and O–H groups in total. The van der Waals surface area contributed by atoms with Crippen LogP contribution in [0.3, 0.4) is 0 Å². The molecule has 1 aromatic heterocycles. The average molecular weight is 269 g/mol. The van der Waals surface area contributed by atoms with E-state index in [4.69, 9.17) is 5.73 Å². The predicted molar refractivity (Wildman–Crippen MR) is 81.3 cm³/mol. The van der Waals surface area contributed by atoms with Crippen molar-refractivity contribution in [1.29, 1.82) is 0 Å². The van der Waals surface area contributed by atoms with E-state index >= 15 is 0 Å². The van der Waals surface area contributed by atoms with Crippen LogP contribution in [0.5, 0.6) is 0 Å². The summed E-state index contributed by atoms with van der Waals surface area (Å²) >= 11 is 0. The molecule has 1 aromatic carbocycles. The Morgan fingerprint density at radius 2 is 2.00 bits per heavy atom. The van der Waals surface area contributed by atoms with Crippen molar-refractivity contribution in [3.63, 3.8) is 0 Å². The van der Waals surface area contributed by atoms with Gasteiger partial charge in [-0.25, -0.2) is 4.98 Å². The fourth-order valence-electron chi connectivity index (χ4n) is 2.16. The summed E-state index contributed by atoms with van der Waals surface area (Å²) in [6, 6.07) is 9.51. The first-order valence-corrected chi connectivity index (χ1v) is 6.62. The molecule has 1 heterocycles. The van der Waals surface area contributed by atoms with Gasteiger partial charge in [0.1, 0.15) is 5.82 Å². The summed E-state index contributed by atoms with van der Waals surface area (Å²) in [6.07, 6.45) is 1.64. The molecule has 104 valence electrons. The number of pyridine rings is 1. The highest BCUT2D eigenvalue weighted by Gasteiger charge is 2.13. The van der Waals surface area contributed by atoms with Gasteiger partial charge in [-0.3, -0.25) is 4.79 Å². The van der Waals surface area contributed by atoms with E-state index in [1.807, 2.05) is 19.1 Å². The van der Waals surface area contributed by atoms with Gasteiger partial charge in [-0.15, -0.1) is 0 Å². The van der Waals surface area contributed by atoms with Gasteiger partial charge in [0.2, 0.25) is 0 Å². The summed E-state index contributed by atoms with van der Waals surface area (Å²) in [5, 5.41) is 3.26. The highest BCUT2D eigenvalue weighted by molar-refractivity contribution is 5.98. The van der Waals surface area contributed by atoms with Crippen LogP contribution in [0, 0.1) is 6.92 Å². The van der Waals surface area contributed by atoms with Gasteiger partial charge < -0.3 is 11.1 Å². The molecule has 0 spiro atoms. The lowest BCUT2D eigenvalue weighted by Crippen LogP contribution is -2.14. The monoisotopic (exact) mass is 269 g/mol. The maximum Gasteiger partial charge on any atom is 0.252 e. The summed E-state index contributed by atoms with van der Waals surface area (Å²) in [5.74, 6) is 0.384. The van der Waals surface area contributed by atoms with E-state index in [9.17, 15) is 4.79 Å². The molecule has 0 saturated heterocycles. The van der Waals surface area contributed by atoms with Crippen LogP contribution >= 0.6 is 0 Å². The molecule has 0 fully saturated rings. The lowest BCUT2D eigenvalue weighted by molar-refractivity contribution is 0.100. The third-order valence-corrected chi connectivity index (χ3v) is 3.24. The molecule has 0 aliphatic rings. The van der Waals surface area contributed by atoms with Crippen LogP contribution in [0.4, 0.5) is 11.5 Å². The van der Waals surface area contributed by atoms with Crippen molar-refractivity contribution in [3.8, 4) is 0 Å². The zero-order chi connectivity index (χ0) is 14.7. The Labute approximate surface area is 119 Å². The van der Waals surface area contributed by atoms with E-state index < -0.39 is 5.91 Å². The first-order valence-electron chi connectivity index (χ1n) is 6.62. The lowest BCUT2D eigenvalue weighted by Gasteiger charge is -2.17. The predicted octanol–water partition coefficient (Wildman–Crippen LogP) is 3.36. The number of carbonyl (C=O) groups is 1. The van der Waals surface area contributed by atoms with E-state index in [2.05, 4.69) is 30.2 Å². The zero-order valence-electron chi connectivity index (χ0n) is 12.0. The van der Waals surface area contributed by atoms with E-state index in [0.717, 1.165) is 11.3 Å². The second-order valence-electron chi connectivity index (χ2n) is 5.08. The Bertz CT molecular complexity index is 635.